The van der Waals surface area contributed by atoms with Crippen LogP contribution in [0, 0.1) is 24.2 Å². The van der Waals surface area contributed by atoms with E-state index in [2.05, 4.69) is 16.4 Å². The number of rotatable bonds is 4. The van der Waals surface area contributed by atoms with Crippen molar-refractivity contribution in [3.63, 3.8) is 0 Å². The van der Waals surface area contributed by atoms with E-state index in [-0.39, 0.29) is 17.4 Å². The van der Waals surface area contributed by atoms with Crippen molar-refractivity contribution in [2.75, 3.05) is 11.1 Å². The lowest BCUT2D eigenvalue weighted by molar-refractivity contribution is -0.116. The van der Waals surface area contributed by atoms with E-state index in [1.165, 1.54) is 11.8 Å². The molecule has 1 unspecified atom stereocenters. The zero-order valence-corrected chi connectivity index (χ0v) is 17.4. The second-order valence-corrected chi connectivity index (χ2v) is 8.39. The van der Waals surface area contributed by atoms with E-state index in [1.54, 1.807) is 18.4 Å². The number of benzene rings is 1. The number of nitrogens with one attached hydrogen (secondary N) is 1. The third-order valence-corrected chi connectivity index (χ3v) is 6.31. The lowest BCUT2D eigenvalue weighted by Crippen LogP contribution is -2.31. The first-order valence-corrected chi connectivity index (χ1v) is 10.8. The van der Waals surface area contributed by atoms with Crippen molar-refractivity contribution in [1.29, 1.82) is 5.26 Å². The summed E-state index contributed by atoms with van der Waals surface area (Å²) >= 11 is 1.25. The van der Waals surface area contributed by atoms with Crippen LogP contribution in [0.3, 0.4) is 0 Å². The van der Waals surface area contributed by atoms with E-state index < -0.39 is 11.8 Å². The van der Waals surface area contributed by atoms with Crippen molar-refractivity contribution in [2.45, 2.75) is 32.1 Å². The van der Waals surface area contributed by atoms with E-state index in [0.717, 1.165) is 23.4 Å². The van der Waals surface area contributed by atoms with E-state index in [1.807, 2.05) is 31.2 Å². The van der Waals surface area contributed by atoms with Gasteiger partial charge in [0, 0.05) is 23.4 Å². The molecule has 0 spiro atoms. The molecule has 1 aliphatic carbocycles. The third-order valence-electron chi connectivity index (χ3n) is 5.26. The number of aliphatic imine (C=N–C) groups is 1. The van der Waals surface area contributed by atoms with Gasteiger partial charge in [0.15, 0.2) is 5.78 Å². The summed E-state index contributed by atoms with van der Waals surface area (Å²) in [5.74, 6) is -0.560. The van der Waals surface area contributed by atoms with Crippen molar-refractivity contribution in [3.05, 3.63) is 65.3 Å². The summed E-state index contributed by atoms with van der Waals surface area (Å²) < 4.78 is 5.58. The molecule has 0 saturated heterocycles. The Morgan fingerprint density at radius 2 is 2.10 bits per heavy atom. The number of hydrogen-bond donors (Lipinski definition) is 1. The number of allylic oxidation sites excluding steroid dienone is 2. The van der Waals surface area contributed by atoms with Gasteiger partial charge in [-0.05, 0) is 44.0 Å². The van der Waals surface area contributed by atoms with Crippen LogP contribution >= 0.6 is 11.8 Å². The monoisotopic (exact) mass is 419 g/mol. The second-order valence-electron chi connectivity index (χ2n) is 7.39. The molecule has 4 rings (SSSR count). The molecule has 2 heterocycles. The van der Waals surface area contributed by atoms with Gasteiger partial charge in [-0.25, -0.2) is 4.99 Å². The Labute approximate surface area is 179 Å². The fraction of sp³-hybridized carbons (Fsp3) is 0.304. The van der Waals surface area contributed by atoms with Gasteiger partial charge in [0.05, 0.1) is 29.0 Å². The van der Waals surface area contributed by atoms with Crippen LogP contribution in [0.5, 0.6) is 0 Å². The van der Waals surface area contributed by atoms with Gasteiger partial charge in [-0.3, -0.25) is 9.59 Å². The van der Waals surface area contributed by atoms with Crippen LogP contribution in [0.2, 0.25) is 0 Å². The number of carbonyl (C=O) groups excluding carboxylic acids is 2. The quantitative estimate of drug-likeness (QED) is 0.781. The topological polar surface area (TPSA) is 95.5 Å². The number of furan rings is 1. The number of nitrogens with zero attached hydrogens (tertiary/aromatic N) is 2. The zero-order valence-electron chi connectivity index (χ0n) is 16.6. The van der Waals surface area contributed by atoms with Crippen molar-refractivity contribution in [2.24, 2.45) is 10.9 Å². The number of carbonyl (C=O) groups is 2. The first-order chi connectivity index (χ1) is 14.6. The second kappa shape index (κ2) is 8.72. The maximum Gasteiger partial charge on any atom is 0.234 e. The Morgan fingerprint density at radius 3 is 2.80 bits per heavy atom. The average molecular weight is 420 g/mol. The van der Waals surface area contributed by atoms with Crippen molar-refractivity contribution in [1.82, 2.24) is 0 Å². The van der Waals surface area contributed by atoms with Gasteiger partial charge in [0.25, 0.3) is 0 Å². The standard InChI is InChI=1S/C23H21N3O3S/c1-14-7-9-15(10-8-14)25-20(28)13-30-23-16(12-24)21(19-6-3-11-29-19)22-17(26-23)4-2-5-18(22)27/h3,6-11,16,21H,2,4-5,13H2,1H3,(H,25,28)/t16?,21-/m1/s1. The number of amides is 1. The number of anilines is 1. The largest absolute Gasteiger partial charge is 0.469 e. The van der Waals surface area contributed by atoms with Gasteiger partial charge in [-0.2, -0.15) is 5.26 Å². The lowest BCUT2D eigenvalue weighted by Gasteiger charge is -2.31. The molecule has 0 radical (unpaired) electrons. The first-order valence-electron chi connectivity index (χ1n) is 9.84. The summed E-state index contributed by atoms with van der Waals surface area (Å²) in [5.41, 5.74) is 3.16. The Kier molecular flexibility index (Phi) is 5.86. The van der Waals surface area contributed by atoms with Gasteiger partial charge in [-0.1, -0.05) is 29.5 Å². The first kappa shape index (κ1) is 20.2. The minimum absolute atomic E-state index is 0.0304. The highest BCUT2D eigenvalue weighted by atomic mass is 32.2. The molecule has 0 fully saturated rings. The number of aryl methyl sites for hydroxylation is 1. The highest BCUT2D eigenvalue weighted by molar-refractivity contribution is 8.14. The Morgan fingerprint density at radius 1 is 1.30 bits per heavy atom. The van der Waals surface area contributed by atoms with Gasteiger partial charge < -0.3 is 9.73 Å². The summed E-state index contributed by atoms with van der Waals surface area (Å²) in [6.07, 6.45) is 3.45. The minimum Gasteiger partial charge on any atom is -0.469 e. The number of Topliss-reactive ketones (excluding diaryl/α,β-unsaturated/α-hetero) is 1. The summed E-state index contributed by atoms with van der Waals surface area (Å²) in [6, 6.07) is 13.4. The maximum atomic E-state index is 12.6. The van der Waals surface area contributed by atoms with Crippen molar-refractivity contribution in [3.8, 4) is 6.07 Å². The molecule has 152 valence electrons. The zero-order chi connectivity index (χ0) is 21.1. The average Bonchev–Trinajstić information content (AvgIpc) is 3.27. The molecule has 1 amide bonds. The summed E-state index contributed by atoms with van der Waals surface area (Å²) in [5, 5.41) is 13.3. The molecule has 30 heavy (non-hydrogen) atoms. The number of nitriles is 1. The van der Waals surface area contributed by atoms with Gasteiger partial charge in [0.1, 0.15) is 11.7 Å². The van der Waals surface area contributed by atoms with E-state index in [4.69, 9.17) is 4.42 Å². The SMILES string of the molecule is Cc1ccc(NC(=O)CSC2=NC3=C(C(=O)CCC3)[C@@H](c3ccco3)C2C#N)cc1. The number of thioether (sulfide) groups is 1. The van der Waals surface area contributed by atoms with E-state index >= 15 is 0 Å². The fourth-order valence-electron chi connectivity index (χ4n) is 3.83. The van der Waals surface area contributed by atoms with Crippen LogP contribution in [-0.4, -0.2) is 22.5 Å². The van der Waals surface area contributed by atoms with Crippen LogP contribution in [-0.2, 0) is 9.59 Å². The van der Waals surface area contributed by atoms with Crippen LogP contribution in [0.4, 0.5) is 5.69 Å². The van der Waals surface area contributed by atoms with Gasteiger partial charge in [-0.15, -0.1) is 0 Å². The molecule has 2 aromatic rings. The van der Waals surface area contributed by atoms with Crippen molar-refractivity contribution < 1.29 is 14.0 Å². The molecular weight excluding hydrogens is 398 g/mol. The normalized spacial score (nSPS) is 20.9. The molecule has 0 bridgehead atoms. The fourth-order valence-corrected chi connectivity index (χ4v) is 4.72. The number of ketones is 1. The maximum absolute atomic E-state index is 12.6. The Hall–Kier alpha value is -3.11. The molecule has 1 aromatic carbocycles. The van der Waals surface area contributed by atoms with Gasteiger partial charge in [0.2, 0.25) is 5.91 Å². The van der Waals surface area contributed by atoms with Gasteiger partial charge >= 0.3 is 0 Å². The molecule has 1 N–H and O–H groups in total. The summed E-state index contributed by atoms with van der Waals surface area (Å²) in [6.45, 7) is 1.99. The predicted molar refractivity (Wildman–Crippen MR) is 116 cm³/mol. The number of hydrogen-bond acceptors (Lipinski definition) is 6. The third kappa shape index (κ3) is 4.10. The lowest BCUT2D eigenvalue weighted by atomic mass is 9.76. The Balaban J connectivity index is 1.56. The van der Waals surface area contributed by atoms with E-state index in [9.17, 15) is 14.9 Å². The molecule has 6 nitrogen and oxygen atoms in total. The highest BCUT2D eigenvalue weighted by Gasteiger charge is 2.42. The molecule has 2 atom stereocenters. The molecule has 1 aliphatic heterocycles. The molecule has 0 saturated carbocycles. The smallest absolute Gasteiger partial charge is 0.234 e. The Bertz CT molecular complexity index is 1060. The molecule has 1 aromatic heterocycles. The highest BCUT2D eigenvalue weighted by Crippen LogP contribution is 2.44. The molecule has 7 heteroatoms. The molecular formula is C23H21N3O3S. The summed E-state index contributed by atoms with van der Waals surface area (Å²) in [4.78, 5) is 29.7. The van der Waals surface area contributed by atoms with Crippen LogP contribution in [0.25, 0.3) is 0 Å². The predicted octanol–water partition coefficient (Wildman–Crippen LogP) is 4.60. The van der Waals surface area contributed by atoms with Crippen LogP contribution in [0.15, 0.2) is 63.3 Å². The summed E-state index contributed by atoms with van der Waals surface area (Å²) in [7, 11) is 0. The van der Waals surface area contributed by atoms with E-state index in [0.29, 0.717) is 29.2 Å². The molecule has 2 aliphatic rings. The van der Waals surface area contributed by atoms with Crippen LogP contribution in [0.1, 0.15) is 36.5 Å². The van der Waals surface area contributed by atoms with Crippen LogP contribution < -0.4 is 5.32 Å². The minimum atomic E-state index is -0.658. The van der Waals surface area contributed by atoms with Crippen molar-refractivity contribution >= 4 is 34.2 Å².